The summed E-state index contributed by atoms with van der Waals surface area (Å²) in [5.74, 6) is 1.77. The zero-order chi connectivity index (χ0) is 10.4. The maximum atomic E-state index is 2.60. The predicted octanol–water partition coefficient (Wildman–Crippen LogP) is 1.71. The third-order valence-corrected chi connectivity index (χ3v) is 4.14. The highest BCUT2D eigenvalue weighted by Gasteiger charge is 2.44. The molecule has 3 rings (SSSR count). The molecule has 0 aromatic carbocycles. The van der Waals surface area contributed by atoms with E-state index in [2.05, 4.69) is 35.9 Å². The summed E-state index contributed by atoms with van der Waals surface area (Å²) in [6.45, 7) is 7.16. The van der Waals surface area contributed by atoms with Gasteiger partial charge in [-0.05, 0) is 32.4 Å². The molecule has 0 aromatic rings. The normalized spacial score (nSPS) is 35.7. The van der Waals surface area contributed by atoms with Crippen LogP contribution in [-0.4, -0.2) is 43.0 Å². The van der Waals surface area contributed by atoms with Crippen LogP contribution >= 0.6 is 0 Å². The van der Waals surface area contributed by atoms with Gasteiger partial charge in [-0.2, -0.15) is 0 Å². The van der Waals surface area contributed by atoms with E-state index in [0.29, 0.717) is 0 Å². The first-order chi connectivity index (χ1) is 7.25. The fraction of sp³-hybridized carbons (Fsp3) is 0.692. The Balaban J connectivity index is 1.73. The second-order valence-corrected chi connectivity index (χ2v) is 5.24. The monoisotopic (exact) mass is 204 g/mol. The Kier molecular flexibility index (Phi) is 2.13. The van der Waals surface area contributed by atoms with Crippen LogP contribution in [0, 0.1) is 11.8 Å². The second kappa shape index (κ2) is 3.38. The van der Waals surface area contributed by atoms with Crippen molar-refractivity contribution in [3.05, 3.63) is 23.4 Å². The van der Waals surface area contributed by atoms with Crippen LogP contribution in [0.4, 0.5) is 0 Å². The molecule has 0 aromatic heterocycles. The van der Waals surface area contributed by atoms with Crippen LogP contribution in [0.15, 0.2) is 23.4 Å². The average molecular weight is 204 g/mol. The third kappa shape index (κ3) is 1.61. The molecular formula is C13H20N2. The summed E-state index contributed by atoms with van der Waals surface area (Å²) in [5.41, 5.74) is 3.22. The summed E-state index contributed by atoms with van der Waals surface area (Å²) in [6.07, 6.45) is 6.11. The van der Waals surface area contributed by atoms with Crippen LogP contribution in [-0.2, 0) is 0 Å². The van der Waals surface area contributed by atoms with Crippen LogP contribution in [0.25, 0.3) is 0 Å². The van der Waals surface area contributed by atoms with Crippen molar-refractivity contribution in [2.45, 2.75) is 13.3 Å². The van der Waals surface area contributed by atoms with Gasteiger partial charge in [0.2, 0.25) is 0 Å². The zero-order valence-corrected chi connectivity index (χ0v) is 9.74. The number of likely N-dealkylation sites (N-methyl/N-ethyl adjacent to an activating group) is 1. The average Bonchev–Trinajstić information content (AvgIpc) is 3.01. The first kappa shape index (κ1) is 9.46. The van der Waals surface area contributed by atoms with Gasteiger partial charge in [0.1, 0.15) is 0 Å². The summed E-state index contributed by atoms with van der Waals surface area (Å²) in [7, 11) is 2.22. The Hall–Kier alpha value is -0.760. The lowest BCUT2D eigenvalue weighted by Gasteiger charge is -2.36. The van der Waals surface area contributed by atoms with Gasteiger partial charge in [0.05, 0.1) is 0 Å². The van der Waals surface area contributed by atoms with Crippen molar-refractivity contribution in [2.75, 3.05) is 33.2 Å². The Morgan fingerprint density at radius 1 is 1.07 bits per heavy atom. The van der Waals surface area contributed by atoms with E-state index in [1.165, 1.54) is 32.6 Å². The number of rotatable bonds is 1. The highest BCUT2D eigenvalue weighted by molar-refractivity contribution is 5.34. The van der Waals surface area contributed by atoms with Crippen molar-refractivity contribution < 1.29 is 0 Å². The Morgan fingerprint density at radius 3 is 2.53 bits per heavy atom. The molecule has 2 aliphatic carbocycles. The Labute approximate surface area is 92.2 Å². The van der Waals surface area contributed by atoms with Gasteiger partial charge in [-0.3, -0.25) is 0 Å². The molecule has 1 heterocycles. The molecule has 15 heavy (non-hydrogen) atoms. The van der Waals surface area contributed by atoms with E-state index in [4.69, 9.17) is 0 Å². The minimum Gasteiger partial charge on any atom is -0.372 e. The minimum absolute atomic E-state index is 0.874. The van der Waals surface area contributed by atoms with Crippen LogP contribution in [0.3, 0.4) is 0 Å². The number of hydrogen-bond donors (Lipinski definition) is 0. The molecule has 2 heteroatoms. The molecule has 1 saturated carbocycles. The third-order valence-electron chi connectivity index (χ3n) is 4.14. The molecule has 82 valence electrons. The molecule has 1 saturated heterocycles. The highest BCUT2D eigenvalue weighted by Crippen LogP contribution is 2.51. The van der Waals surface area contributed by atoms with Crippen molar-refractivity contribution in [3.8, 4) is 0 Å². The molecule has 1 aliphatic heterocycles. The van der Waals surface area contributed by atoms with Gasteiger partial charge in [0, 0.05) is 37.8 Å². The molecular weight excluding hydrogens is 184 g/mol. The fourth-order valence-electron chi connectivity index (χ4n) is 2.89. The lowest BCUT2D eigenvalue weighted by atomic mass is 10.0. The zero-order valence-electron chi connectivity index (χ0n) is 9.74. The molecule has 0 bridgehead atoms. The fourth-order valence-corrected chi connectivity index (χ4v) is 2.89. The number of nitrogens with zero attached hydrogens (tertiary/aromatic N) is 2. The van der Waals surface area contributed by atoms with Gasteiger partial charge in [-0.25, -0.2) is 0 Å². The Morgan fingerprint density at radius 2 is 1.80 bits per heavy atom. The summed E-state index contributed by atoms with van der Waals surface area (Å²) >= 11 is 0. The SMILES string of the molecule is CC1=CC=C(N2CCN(C)CC2)C2CC12. The maximum Gasteiger partial charge on any atom is 0.0303 e. The van der Waals surface area contributed by atoms with E-state index in [0.717, 1.165) is 11.8 Å². The largest absolute Gasteiger partial charge is 0.372 e. The van der Waals surface area contributed by atoms with Gasteiger partial charge in [0.25, 0.3) is 0 Å². The quantitative estimate of drug-likeness (QED) is 0.641. The van der Waals surface area contributed by atoms with Crippen LogP contribution < -0.4 is 0 Å². The van der Waals surface area contributed by atoms with Crippen molar-refractivity contribution in [3.63, 3.8) is 0 Å². The van der Waals surface area contributed by atoms with E-state index >= 15 is 0 Å². The van der Waals surface area contributed by atoms with Gasteiger partial charge in [0.15, 0.2) is 0 Å². The molecule has 3 aliphatic rings. The molecule has 2 fully saturated rings. The highest BCUT2D eigenvalue weighted by atomic mass is 15.3. The summed E-state index contributed by atoms with van der Waals surface area (Å²) in [4.78, 5) is 5.03. The molecule has 0 N–H and O–H groups in total. The first-order valence-electron chi connectivity index (χ1n) is 6.07. The van der Waals surface area contributed by atoms with Crippen LogP contribution in [0.2, 0.25) is 0 Å². The van der Waals surface area contributed by atoms with Crippen molar-refractivity contribution >= 4 is 0 Å². The molecule has 2 atom stereocenters. The lowest BCUT2D eigenvalue weighted by molar-refractivity contribution is 0.179. The summed E-state index contributed by atoms with van der Waals surface area (Å²) in [6, 6.07) is 0. The lowest BCUT2D eigenvalue weighted by Crippen LogP contribution is -2.44. The van der Waals surface area contributed by atoms with Gasteiger partial charge in [-0.15, -0.1) is 0 Å². The van der Waals surface area contributed by atoms with Crippen molar-refractivity contribution in [1.82, 2.24) is 9.80 Å². The number of piperazine rings is 1. The Bertz CT molecular complexity index is 321. The van der Waals surface area contributed by atoms with E-state index in [-0.39, 0.29) is 0 Å². The van der Waals surface area contributed by atoms with Crippen LogP contribution in [0.5, 0.6) is 0 Å². The molecule has 2 unspecified atom stereocenters. The molecule has 0 amide bonds. The van der Waals surface area contributed by atoms with Crippen molar-refractivity contribution in [2.24, 2.45) is 11.8 Å². The van der Waals surface area contributed by atoms with Gasteiger partial charge < -0.3 is 9.80 Å². The maximum absolute atomic E-state index is 2.60. The second-order valence-electron chi connectivity index (χ2n) is 5.24. The van der Waals surface area contributed by atoms with Crippen LogP contribution in [0.1, 0.15) is 13.3 Å². The molecule has 0 radical (unpaired) electrons. The number of fused-ring (bicyclic) bond motifs is 1. The summed E-state index contributed by atoms with van der Waals surface area (Å²) in [5, 5.41) is 0. The number of hydrogen-bond acceptors (Lipinski definition) is 2. The van der Waals surface area contributed by atoms with E-state index in [1.807, 2.05) is 0 Å². The topological polar surface area (TPSA) is 6.48 Å². The first-order valence-corrected chi connectivity index (χ1v) is 6.07. The smallest absolute Gasteiger partial charge is 0.0303 e. The number of allylic oxidation sites excluding steroid dienone is 4. The van der Waals surface area contributed by atoms with Crippen molar-refractivity contribution in [1.29, 1.82) is 0 Å². The summed E-state index contributed by atoms with van der Waals surface area (Å²) < 4.78 is 0. The van der Waals surface area contributed by atoms with Gasteiger partial charge >= 0.3 is 0 Å². The predicted molar refractivity (Wildman–Crippen MR) is 62.5 cm³/mol. The minimum atomic E-state index is 0.874. The van der Waals surface area contributed by atoms with E-state index in [9.17, 15) is 0 Å². The van der Waals surface area contributed by atoms with Gasteiger partial charge in [-0.1, -0.05) is 11.6 Å². The molecule has 2 nitrogen and oxygen atoms in total. The van der Waals surface area contributed by atoms with E-state index < -0.39 is 0 Å². The standard InChI is InChI=1S/C13H20N2/c1-10-3-4-13(12-9-11(10)12)15-7-5-14(2)6-8-15/h3-4,11-12H,5-9H2,1-2H3. The van der Waals surface area contributed by atoms with E-state index in [1.54, 1.807) is 11.3 Å². The molecule has 0 spiro atoms.